The van der Waals surface area contributed by atoms with Crippen LogP contribution >= 0.6 is 11.6 Å². The maximum Gasteiger partial charge on any atom is 0.284 e. The number of nitrogens with one attached hydrogen (secondary N) is 1. The summed E-state index contributed by atoms with van der Waals surface area (Å²) in [4.78, 5) is 16.4. The number of carbonyl (C=O) groups excluding carboxylic acids is 1. The van der Waals surface area contributed by atoms with Gasteiger partial charge in [0, 0.05) is 6.07 Å². The summed E-state index contributed by atoms with van der Waals surface area (Å²) < 4.78 is 11.0. The van der Waals surface area contributed by atoms with Gasteiger partial charge >= 0.3 is 0 Å². The van der Waals surface area contributed by atoms with Gasteiger partial charge in [-0.2, -0.15) is 0 Å². The van der Waals surface area contributed by atoms with Crippen LogP contribution in [0.4, 0.5) is 0 Å². The molecule has 0 spiro atoms. The zero-order valence-electron chi connectivity index (χ0n) is 12.7. The van der Waals surface area contributed by atoms with Crippen molar-refractivity contribution in [3.63, 3.8) is 0 Å². The second-order valence-corrected chi connectivity index (χ2v) is 4.87. The zero-order valence-corrected chi connectivity index (χ0v) is 13.5. The zero-order chi connectivity index (χ0) is 17.4. The molecule has 1 amide bonds. The summed E-state index contributed by atoms with van der Waals surface area (Å²) in [6.07, 6.45) is 4.25. The molecule has 1 unspecified atom stereocenters. The first kappa shape index (κ1) is 17.5. The lowest BCUT2D eigenvalue weighted by Crippen LogP contribution is -2.36. The predicted octanol–water partition coefficient (Wildman–Crippen LogP) is 2.37. The fourth-order valence-corrected chi connectivity index (χ4v) is 1.66. The van der Waals surface area contributed by atoms with Crippen LogP contribution in [-0.2, 0) is 9.63 Å². The Balaban J connectivity index is 1.88. The second kappa shape index (κ2) is 8.72. The number of benzene rings is 1. The van der Waals surface area contributed by atoms with Gasteiger partial charge in [-0.1, -0.05) is 17.5 Å². The summed E-state index contributed by atoms with van der Waals surface area (Å²) in [7, 11) is 0. The monoisotopic (exact) mass is 347 g/mol. The van der Waals surface area contributed by atoms with Crippen LogP contribution in [-0.4, -0.2) is 28.8 Å². The number of carbonyl (C=O) groups is 1. The summed E-state index contributed by atoms with van der Waals surface area (Å²) >= 11 is 5.65. The van der Waals surface area contributed by atoms with E-state index >= 15 is 0 Å². The second-order valence-electron chi connectivity index (χ2n) is 4.49. The summed E-state index contributed by atoms with van der Waals surface area (Å²) in [6.45, 7) is 1.57. The molecule has 0 aliphatic carbocycles. The minimum Gasteiger partial charge on any atom is -0.481 e. The number of nitrogens with zero attached hydrogens (tertiary/aromatic N) is 2. The normalized spacial score (nSPS) is 11.2. The van der Waals surface area contributed by atoms with E-state index in [9.17, 15) is 4.79 Å². The average Bonchev–Trinajstić information content (AvgIpc) is 2.58. The number of hydroxylamine groups is 1. The Morgan fingerprint density at radius 3 is 2.58 bits per heavy atom. The molecule has 1 N–H and O–H groups in total. The van der Waals surface area contributed by atoms with Gasteiger partial charge in [0.15, 0.2) is 11.3 Å². The van der Waals surface area contributed by atoms with Crippen molar-refractivity contribution < 1.29 is 19.1 Å². The van der Waals surface area contributed by atoms with E-state index in [1.165, 1.54) is 0 Å². The van der Waals surface area contributed by atoms with Gasteiger partial charge in [-0.3, -0.25) is 9.63 Å². The number of amides is 1. The van der Waals surface area contributed by atoms with Crippen LogP contribution < -0.4 is 15.0 Å². The number of rotatable bonds is 7. The minimum atomic E-state index is -0.753. The Kier molecular flexibility index (Phi) is 6.37. The van der Waals surface area contributed by atoms with Crippen molar-refractivity contribution in [1.29, 1.82) is 0 Å². The summed E-state index contributed by atoms with van der Waals surface area (Å²) in [5.74, 6) is 3.13. The molecule has 0 aliphatic rings. The number of hydrogen-bond acceptors (Lipinski definition) is 6. The molecule has 124 valence electrons. The van der Waals surface area contributed by atoms with Crippen molar-refractivity contribution in [3.05, 3.63) is 41.6 Å². The van der Waals surface area contributed by atoms with E-state index in [0.717, 1.165) is 0 Å². The largest absolute Gasteiger partial charge is 0.481 e. The molecule has 0 bridgehead atoms. The number of terminal acetylenes is 1. The first-order chi connectivity index (χ1) is 11.6. The Morgan fingerprint density at radius 2 is 1.96 bits per heavy atom. The topological polar surface area (TPSA) is 82.6 Å². The van der Waals surface area contributed by atoms with E-state index in [4.69, 9.17) is 32.3 Å². The molecule has 0 aliphatic heterocycles. The highest BCUT2D eigenvalue weighted by molar-refractivity contribution is 6.29. The van der Waals surface area contributed by atoms with Gasteiger partial charge in [0.2, 0.25) is 5.88 Å². The highest BCUT2D eigenvalue weighted by Gasteiger charge is 2.14. The lowest BCUT2D eigenvalue weighted by Gasteiger charge is -2.14. The molecule has 0 fully saturated rings. The van der Waals surface area contributed by atoms with Crippen molar-refractivity contribution >= 4 is 17.5 Å². The van der Waals surface area contributed by atoms with E-state index < -0.39 is 12.0 Å². The van der Waals surface area contributed by atoms with E-state index in [-0.39, 0.29) is 11.8 Å². The van der Waals surface area contributed by atoms with Gasteiger partial charge in [0.25, 0.3) is 5.91 Å². The first-order valence-corrected chi connectivity index (χ1v) is 7.25. The molecular weight excluding hydrogens is 334 g/mol. The van der Waals surface area contributed by atoms with Crippen LogP contribution in [0.2, 0.25) is 5.15 Å². The molecule has 0 saturated heterocycles. The van der Waals surface area contributed by atoms with E-state index in [2.05, 4.69) is 21.6 Å². The highest BCUT2D eigenvalue weighted by atomic mass is 35.5. The lowest BCUT2D eigenvalue weighted by molar-refractivity contribution is -0.139. The van der Waals surface area contributed by atoms with Crippen LogP contribution in [0.25, 0.3) is 0 Å². The standard InChI is InChI=1S/C16H14ClN3O4/c1-3-10-22-20-16(21)11(2)23-12-4-6-13(7-5-12)24-15-9-8-14(17)18-19-15/h1,4-9,11H,10H2,2H3,(H,20,21). The number of aromatic nitrogens is 2. The predicted molar refractivity (Wildman–Crippen MR) is 86.6 cm³/mol. The molecule has 8 heteroatoms. The highest BCUT2D eigenvalue weighted by Crippen LogP contribution is 2.23. The SMILES string of the molecule is C#CCONC(=O)C(C)Oc1ccc(Oc2ccc(Cl)nn2)cc1. The smallest absolute Gasteiger partial charge is 0.284 e. The van der Waals surface area contributed by atoms with Crippen LogP contribution in [0.15, 0.2) is 36.4 Å². The van der Waals surface area contributed by atoms with Crippen LogP contribution in [0.5, 0.6) is 17.4 Å². The third kappa shape index (κ3) is 5.43. The van der Waals surface area contributed by atoms with Gasteiger partial charge in [0.1, 0.15) is 18.1 Å². The first-order valence-electron chi connectivity index (χ1n) is 6.87. The Labute approximate surface area is 143 Å². The molecule has 2 rings (SSSR count). The fourth-order valence-electron chi connectivity index (χ4n) is 1.55. The van der Waals surface area contributed by atoms with Gasteiger partial charge in [-0.05, 0) is 37.3 Å². The molecule has 0 radical (unpaired) electrons. The van der Waals surface area contributed by atoms with Gasteiger partial charge in [-0.25, -0.2) is 5.48 Å². The average molecular weight is 348 g/mol. The third-order valence-corrected chi connectivity index (χ3v) is 2.87. The Morgan fingerprint density at radius 1 is 1.25 bits per heavy atom. The molecule has 1 atom stereocenters. The van der Waals surface area contributed by atoms with Crippen LogP contribution in [0.3, 0.4) is 0 Å². The maximum absolute atomic E-state index is 11.7. The lowest BCUT2D eigenvalue weighted by atomic mass is 10.3. The van der Waals surface area contributed by atoms with Crippen molar-refractivity contribution in [3.8, 4) is 29.7 Å². The molecular formula is C16H14ClN3O4. The summed E-state index contributed by atoms with van der Waals surface area (Å²) in [5.41, 5.74) is 2.20. The molecule has 24 heavy (non-hydrogen) atoms. The molecule has 7 nitrogen and oxygen atoms in total. The minimum absolute atomic E-state index is 0.0158. The van der Waals surface area contributed by atoms with Crippen molar-refractivity contribution in [2.24, 2.45) is 0 Å². The molecule has 1 aromatic carbocycles. The van der Waals surface area contributed by atoms with Crippen LogP contribution in [0, 0.1) is 12.3 Å². The van der Waals surface area contributed by atoms with Gasteiger partial charge < -0.3 is 9.47 Å². The third-order valence-electron chi connectivity index (χ3n) is 2.66. The van der Waals surface area contributed by atoms with Crippen LogP contribution in [0.1, 0.15) is 6.92 Å². The number of halogens is 1. The summed E-state index contributed by atoms with van der Waals surface area (Å²) in [6, 6.07) is 9.83. The van der Waals surface area contributed by atoms with E-state index in [1.807, 2.05) is 0 Å². The van der Waals surface area contributed by atoms with Gasteiger partial charge in [0.05, 0.1) is 0 Å². The van der Waals surface area contributed by atoms with Crippen molar-refractivity contribution in [2.75, 3.05) is 6.61 Å². The Bertz CT molecular complexity index is 714. The van der Waals surface area contributed by atoms with E-state index in [0.29, 0.717) is 17.4 Å². The molecule has 0 saturated carbocycles. The summed E-state index contributed by atoms with van der Waals surface area (Å²) in [5, 5.41) is 7.75. The number of hydrogen-bond donors (Lipinski definition) is 1. The number of ether oxygens (including phenoxy) is 2. The quantitative estimate of drug-likeness (QED) is 0.470. The molecule has 1 heterocycles. The maximum atomic E-state index is 11.7. The van der Waals surface area contributed by atoms with Gasteiger partial charge in [-0.15, -0.1) is 16.6 Å². The molecule has 2 aromatic rings. The Hall–Kier alpha value is -2.82. The van der Waals surface area contributed by atoms with E-state index in [1.54, 1.807) is 43.3 Å². The van der Waals surface area contributed by atoms with Crippen molar-refractivity contribution in [1.82, 2.24) is 15.7 Å². The molecule has 1 aromatic heterocycles. The van der Waals surface area contributed by atoms with Crippen molar-refractivity contribution in [2.45, 2.75) is 13.0 Å². The fraction of sp³-hybridized carbons (Fsp3) is 0.188.